The van der Waals surface area contributed by atoms with Gasteiger partial charge in [-0.3, -0.25) is 9.69 Å². The van der Waals surface area contributed by atoms with Gasteiger partial charge in [0.05, 0.1) is 6.54 Å². The first-order chi connectivity index (χ1) is 10.6. The molecule has 1 N–H and O–H groups in total. The van der Waals surface area contributed by atoms with Crippen molar-refractivity contribution in [2.75, 3.05) is 32.1 Å². The monoisotopic (exact) mass is 318 g/mol. The Kier molecular flexibility index (Phi) is 6.25. The molecule has 0 unspecified atom stereocenters. The average Bonchev–Trinajstić information content (AvgIpc) is 2.48. The van der Waals surface area contributed by atoms with E-state index < -0.39 is 0 Å². The molecule has 0 radical (unpaired) electrons. The number of carbonyl (C=O) groups is 1. The third-order valence-corrected chi connectivity index (χ3v) is 3.24. The predicted molar refractivity (Wildman–Crippen MR) is 89.5 cm³/mol. The number of halogens is 1. The highest BCUT2D eigenvalue weighted by molar-refractivity contribution is 6.30. The molecule has 0 heterocycles. The second-order valence-electron chi connectivity index (χ2n) is 4.96. The summed E-state index contributed by atoms with van der Waals surface area (Å²) in [5.41, 5.74) is 0.802. The van der Waals surface area contributed by atoms with E-state index in [1.165, 1.54) is 0 Å². The molecule has 0 atom stereocenters. The van der Waals surface area contributed by atoms with Crippen LogP contribution in [0.2, 0.25) is 5.02 Å². The minimum absolute atomic E-state index is 0.0449. The molecule has 0 saturated carbocycles. The Labute approximate surface area is 135 Å². The van der Waals surface area contributed by atoms with Crippen molar-refractivity contribution in [2.45, 2.75) is 0 Å². The molecule has 0 aliphatic heterocycles. The molecule has 4 nitrogen and oxygen atoms in total. The lowest BCUT2D eigenvalue weighted by molar-refractivity contribution is -0.117. The summed E-state index contributed by atoms with van der Waals surface area (Å²) in [6, 6.07) is 16.7. The minimum atomic E-state index is -0.0449. The van der Waals surface area contributed by atoms with Crippen molar-refractivity contribution in [3.8, 4) is 5.75 Å². The minimum Gasteiger partial charge on any atom is -0.492 e. The van der Waals surface area contributed by atoms with E-state index in [2.05, 4.69) is 5.32 Å². The molecule has 2 aromatic rings. The molecule has 0 spiro atoms. The topological polar surface area (TPSA) is 41.6 Å². The van der Waals surface area contributed by atoms with Gasteiger partial charge in [0, 0.05) is 17.3 Å². The second-order valence-corrected chi connectivity index (χ2v) is 5.39. The maximum Gasteiger partial charge on any atom is 0.238 e. The number of carbonyl (C=O) groups excluding carboxylic acids is 1. The number of anilines is 1. The molecular weight excluding hydrogens is 300 g/mol. The van der Waals surface area contributed by atoms with Gasteiger partial charge >= 0.3 is 0 Å². The fourth-order valence-electron chi connectivity index (χ4n) is 1.92. The second kappa shape index (κ2) is 8.41. The Morgan fingerprint density at radius 1 is 1.18 bits per heavy atom. The van der Waals surface area contributed by atoms with Gasteiger partial charge in [-0.15, -0.1) is 0 Å². The Balaban J connectivity index is 1.69. The third-order valence-electron chi connectivity index (χ3n) is 3.01. The lowest BCUT2D eigenvalue weighted by Crippen LogP contribution is -2.33. The van der Waals surface area contributed by atoms with E-state index in [4.69, 9.17) is 16.3 Å². The van der Waals surface area contributed by atoms with Crippen LogP contribution in [0.4, 0.5) is 5.69 Å². The fourth-order valence-corrected chi connectivity index (χ4v) is 2.10. The van der Waals surface area contributed by atoms with Gasteiger partial charge in [-0.1, -0.05) is 35.9 Å². The van der Waals surface area contributed by atoms with Gasteiger partial charge in [0.25, 0.3) is 0 Å². The number of ether oxygens (including phenoxy) is 1. The molecule has 22 heavy (non-hydrogen) atoms. The summed E-state index contributed by atoms with van der Waals surface area (Å²) in [6.45, 7) is 1.46. The Bertz CT molecular complexity index is 605. The van der Waals surface area contributed by atoms with Crippen LogP contribution in [0.15, 0.2) is 54.6 Å². The standard InChI is InChI=1S/C17H19ClN2O2/c1-20(10-11-22-16-9-5-6-14(18)12-16)13-17(21)19-15-7-3-2-4-8-15/h2-9,12H,10-11,13H2,1H3,(H,19,21). The number of benzene rings is 2. The van der Waals surface area contributed by atoms with Crippen molar-refractivity contribution in [1.29, 1.82) is 0 Å². The lowest BCUT2D eigenvalue weighted by atomic mass is 10.3. The maximum absolute atomic E-state index is 11.9. The van der Waals surface area contributed by atoms with E-state index >= 15 is 0 Å². The SMILES string of the molecule is CN(CCOc1cccc(Cl)c1)CC(=O)Nc1ccccc1. The van der Waals surface area contributed by atoms with E-state index in [1.54, 1.807) is 12.1 Å². The van der Waals surface area contributed by atoms with Crippen LogP contribution in [0.25, 0.3) is 0 Å². The first-order valence-corrected chi connectivity index (χ1v) is 7.43. The van der Waals surface area contributed by atoms with Gasteiger partial charge in [0.15, 0.2) is 0 Å². The molecule has 2 rings (SSSR count). The summed E-state index contributed by atoms with van der Waals surface area (Å²) >= 11 is 5.89. The maximum atomic E-state index is 11.9. The van der Waals surface area contributed by atoms with E-state index in [0.29, 0.717) is 24.7 Å². The van der Waals surface area contributed by atoms with Crippen LogP contribution in [0.5, 0.6) is 5.75 Å². The number of para-hydroxylation sites is 1. The number of rotatable bonds is 7. The average molecular weight is 319 g/mol. The molecule has 5 heteroatoms. The highest BCUT2D eigenvalue weighted by Crippen LogP contribution is 2.16. The van der Waals surface area contributed by atoms with Crippen LogP contribution in [0, 0.1) is 0 Å². The smallest absolute Gasteiger partial charge is 0.238 e. The van der Waals surface area contributed by atoms with Gasteiger partial charge < -0.3 is 10.1 Å². The quantitative estimate of drug-likeness (QED) is 0.851. The highest BCUT2D eigenvalue weighted by Gasteiger charge is 2.07. The Morgan fingerprint density at radius 2 is 1.95 bits per heavy atom. The summed E-state index contributed by atoms with van der Waals surface area (Å²) in [5.74, 6) is 0.686. The molecule has 0 aromatic heterocycles. The van der Waals surface area contributed by atoms with Crippen LogP contribution in [0.3, 0.4) is 0 Å². The molecule has 0 aliphatic carbocycles. The zero-order valence-corrected chi connectivity index (χ0v) is 13.2. The summed E-state index contributed by atoms with van der Waals surface area (Å²) in [7, 11) is 1.88. The third kappa shape index (κ3) is 5.76. The number of hydrogen-bond acceptors (Lipinski definition) is 3. The normalized spacial score (nSPS) is 10.5. The molecule has 0 aliphatic rings. The van der Waals surface area contributed by atoms with Crippen molar-refractivity contribution in [3.05, 3.63) is 59.6 Å². The van der Waals surface area contributed by atoms with Gasteiger partial charge in [-0.05, 0) is 37.4 Å². The largest absolute Gasteiger partial charge is 0.492 e. The molecule has 0 bridgehead atoms. The number of amides is 1. The van der Waals surface area contributed by atoms with Crippen LogP contribution >= 0.6 is 11.6 Å². The molecule has 2 aromatic carbocycles. The van der Waals surface area contributed by atoms with Crippen LogP contribution in [-0.2, 0) is 4.79 Å². The van der Waals surface area contributed by atoms with Gasteiger partial charge in [-0.25, -0.2) is 0 Å². The fraction of sp³-hybridized carbons (Fsp3) is 0.235. The molecule has 0 saturated heterocycles. The van der Waals surface area contributed by atoms with E-state index in [-0.39, 0.29) is 5.91 Å². The number of likely N-dealkylation sites (N-methyl/N-ethyl adjacent to an activating group) is 1. The first kappa shape index (κ1) is 16.3. The molecule has 1 amide bonds. The van der Waals surface area contributed by atoms with E-state index in [9.17, 15) is 4.79 Å². The Morgan fingerprint density at radius 3 is 2.68 bits per heavy atom. The number of hydrogen-bond donors (Lipinski definition) is 1. The zero-order chi connectivity index (χ0) is 15.8. The van der Waals surface area contributed by atoms with Crippen LogP contribution in [-0.4, -0.2) is 37.6 Å². The van der Waals surface area contributed by atoms with Gasteiger partial charge in [0.2, 0.25) is 5.91 Å². The predicted octanol–water partition coefficient (Wildman–Crippen LogP) is 3.29. The summed E-state index contributed by atoms with van der Waals surface area (Å²) in [4.78, 5) is 13.8. The lowest BCUT2D eigenvalue weighted by Gasteiger charge is -2.16. The van der Waals surface area contributed by atoms with Crippen LogP contribution < -0.4 is 10.1 Å². The van der Waals surface area contributed by atoms with Gasteiger partial charge in [0.1, 0.15) is 12.4 Å². The Hall–Kier alpha value is -2.04. The van der Waals surface area contributed by atoms with Crippen molar-refractivity contribution in [3.63, 3.8) is 0 Å². The molecular formula is C17H19ClN2O2. The highest BCUT2D eigenvalue weighted by atomic mass is 35.5. The molecule has 116 valence electrons. The number of nitrogens with one attached hydrogen (secondary N) is 1. The zero-order valence-electron chi connectivity index (χ0n) is 12.5. The van der Waals surface area contributed by atoms with E-state index in [0.717, 1.165) is 11.4 Å². The van der Waals surface area contributed by atoms with E-state index in [1.807, 2.05) is 54.4 Å². The van der Waals surface area contributed by atoms with Gasteiger partial charge in [-0.2, -0.15) is 0 Å². The first-order valence-electron chi connectivity index (χ1n) is 7.05. The van der Waals surface area contributed by atoms with Crippen LogP contribution in [0.1, 0.15) is 0 Å². The summed E-state index contributed by atoms with van der Waals surface area (Å²) < 4.78 is 5.60. The van der Waals surface area contributed by atoms with Crippen molar-refractivity contribution >= 4 is 23.2 Å². The van der Waals surface area contributed by atoms with Crippen molar-refractivity contribution in [2.24, 2.45) is 0 Å². The summed E-state index contributed by atoms with van der Waals surface area (Å²) in [5, 5.41) is 3.50. The number of nitrogens with zero attached hydrogens (tertiary/aromatic N) is 1. The molecule has 0 fully saturated rings. The summed E-state index contributed by atoms with van der Waals surface area (Å²) in [6.07, 6.45) is 0. The van der Waals surface area contributed by atoms with Crippen molar-refractivity contribution in [1.82, 2.24) is 4.90 Å². The van der Waals surface area contributed by atoms with Crippen molar-refractivity contribution < 1.29 is 9.53 Å².